The van der Waals surface area contributed by atoms with Crippen molar-refractivity contribution < 1.29 is 9.84 Å². The predicted molar refractivity (Wildman–Crippen MR) is 70.5 cm³/mol. The van der Waals surface area contributed by atoms with E-state index in [1.54, 1.807) is 7.11 Å². The summed E-state index contributed by atoms with van der Waals surface area (Å²) < 4.78 is 5.10. The second-order valence-electron chi connectivity index (χ2n) is 4.70. The fourth-order valence-corrected chi connectivity index (χ4v) is 1.78. The van der Waals surface area contributed by atoms with Crippen molar-refractivity contribution in [3.8, 4) is 5.75 Å². The minimum atomic E-state index is -0.705. The van der Waals surface area contributed by atoms with Gasteiger partial charge in [0.25, 0.3) is 0 Å². The van der Waals surface area contributed by atoms with Crippen LogP contribution in [0.15, 0.2) is 24.3 Å². The van der Waals surface area contributed by atoms with E-state index >= 15 is 0 Å². The maximum atomic E-state index is 10.2. The summed E-state index contributed by atoms with van der Waals surface area (Å²) in [6.07, 6.45) is 1.73. The van der Waals surface area contributed by atoms with E-state index in [0.29, 0.717) is 13.0 Å². The predicted octanol–water partition coefficient (Wildman–Crippen LogP) is 1.99. The van der Waals surface area contributed by atoms with E-state index in [-0.39, 0.29) is 0 Å². The monoisotopic (exact) mass is 237 g/mol. The fourth-order valence-electron chi connectivity index (χ4n) is 1.78. The van der Waals surface area contributed by atoms with Gasteiger partial charge in [-0.05, 0) is 37.6 Å². The van der Waals surface area contributed by atoms with Gasteiger partial charge in [-0.25, -0.2) is 0 Å². The zero-order valence-corrected chi connectivity index (χ0v) is 11.0. The summed E-state index contributed by atoms with van der Waals surface area (Å²) in [5, 5.41) is 13.5. The first-order valence-corrected chi connectivity index (χ1v) is 6.13. The molecule has 0 radical (unpaired) electrons. The molecule has 0 heterocycles. The van der Waals surface area contributed by atoms with Crippen LogP contribution in [0.1, 0.15) is 25.8 Å². The molecule has 0 aliphatic carbocycles. The molecular formula is C14H23NO2. The molecule has 17 heavy (non-hydrogen) atoms. The molecule has 0 spiro atoms. The normalized spacial score (nSPS) is 14.4. The smallest absolute Gasteiger partial charge is 0.118 e. The number of benzene rings is 1. The molecule has 0 aliphatic rings. The van der Waals surface area contributed by atoms with Crippen LogP contribution in [-0.4, -0.2) is 30.9 Å². The molecule has 0 aromatic heterocycles. The Morgan fingerprint density at radius 3 is 2.47 bits per heavy atom. The molecule has 96 valence electrons. The molecule has 2 N–H and O–H groups in total. The molecule has 0 aliphatic heterocycles. The van der Waals surface area contributed by atoms with Gasteiger partial charge in [0.05, 0.1) is 12.7 Å². The van der Waals surface area contributed by atoms with Crippen LogP contribution < -0.4 is 10.1 Å². The van der Waals surface area contributed by atoms with Crippen molar-refractivity contribution in [1.29, 1.82) is 0 Å². The summed E-state index contributed by atoms with van der Waals surface area (Å²) >= 11 is 0. The Kier molecular flexibility index (Phi) is 5.45. The van der Waals surface area contributed by atoms with Crippen molar-refractivity contribution in [3.05, 3.63) is 29.8 Å². The van der Waals surface area contributed by atoms with Crippen LogP contribution >= 0.6 is 0 Å². The van der Waals surface area contributed by atoms with Gasteiger partial charge in [0, 0.05) is 13.0 Å². The van der Waals surface area contributed by atoms with Gasteiger partial charge in [-0.15, -0.1) is 0 Å². The molecule has 1 aromatic carbocycles. The lowest BCUT2D eigenvalue weighted by atomic mass is 9.96. The zero-order chi connectivity index (χ0) is 12.7. The summed E-state index contributed by atoms with van der Waals surface area (Å²) in [5.74, 6) is 0.845. The molecule has 0 bridgehead atoms. The largest absolute Gasteiger partial charge is 0.497 e. The third kappa shape index (κ3) is 5.20. The van der Waals surface area contributed by atoms with Crippen molar-refractivity contribution in [3.63, 3.8) is 0 Å². The highest BCUT2D eigenvalue weighted by atomic mass is 16.5. The number of hydrogen-bond donors (Lipinski definition) is 2. The van der Waals surface area contributed by atoms with Gasteiger partial charge in [0.1, 0.15) is 5.75 Å². The highest BCUT2D eigenvalue weighted by Crippen LogP contribution is 2.16. The lowest BCUT2D eigenvalue weighted by Gasteiger charge is -2.24. The van der Waals surface area contributed by atoms with E-state index in [0.717, 1.165) is 24.3 Å². The molecule has 3 nitrogen and oxygen atoms in total. The van der Waals surface area contributed by atoms with Crippen molar-refractivity contribution in [2.45, 2.75) is 32.3 Å². The molecule has 1 rings (SSSR count). The van der Waals surface area contributed by atoms with Crippen LogP contribution in [0.3, 0.4) is 0 Å². The summed E-state index contributed by atoms with van der Waals surface area (Å²) in [5.41, 5.74) is 0.415. The number of nitrogens with one attached hydrogen (secondary N) is 1. The Bertz CT molecular complexity index is 319. The van der Waals surface area contributed by atoms with Gasteiger partial charge in [-0.1, -0.05) is 19.1 Å². The maximum absolute atomic E-state index is 10.2. The van der Waals surface area contributed by atoms with Gasteiger partial charge in [-0.3, -0.25) is 0 Å². The van der Waals surface area contributed by atoms with E-state index in [4.69, 9.17) is 4.74 Å². The molecule has 0 saturated heterocycles. The summed E-state index contributed by atoms with van der Waals surface area (Å²) in [6, 6.07) is 7.83. The number of rotatable bonds is 7. The highest BCUT2D eigenvalue weighted by Gasteiger charge is 2.20. The second-order valence-corrected chi connectivity index (χ2v) is 4.70. The van der Waals surface area contributed by atoms with Gasteiger partial charge >= 0.3 is 0 Å². The lowest BCUT2D eigenvalue weighted by molar-refractivity contribution is 0.0603. The van der Waals surface area contributed by atoms with E-state index in [2.05, 4.69) is 12.2 Å². The highest BCUT2D eigenvalue weighted by molar-refractivity contribution is 5.28. The van der Waals surface area contributed by atoms with Crippen molar-refractivity contribution in [1.82, 2.24) is 5.32 Å². The van der Waals surface area contributed by atoms with E-state index < -0.39 is 5.60 Å². The third-order valence-electron chi connectivity index (χ3n) is 2.68. The SMILES string of the molecule is CCCNCC(C)(O)Cc1ccc(OC)cc1. The van der Waals surface area contributed by atoms with E-state index in [1.165, 1.54) is 0 Å². The van der Waals surface area contributed by atoms with Crippen LogP contribution in [0, 0.1) is 0 Å². The summed E-state index contributed by atoms with van der Waals surface area (Å²) in [7, 11) is 1.65. The van der Waals surface area contributed by atoms with Crippen LogP contribution in [0.2, 0.25) is 0 Å². The van der Waals surface area contributed by atoms with Crippen LogP contribution in [0.5, 0.6) is 5.75 Å². The molecular weight excluding hydrogens is 214 g/mol. The molecule has 0 amide bonds. The minimum absolute atomic E-state index is 0.618. The summed E-state index contributed by atoms with van der Waals surface area (Å²) in [6.45, 7) is 5.54. The van der Waals surface area contributed by atoms with Crippen LogP contribution in [0.4, 0.5) is 0 Å². The maximum Gasteiger partial charge on any atom is 0.118 e. The first-order valence-electron chi connectivity index (χ1n) is 6.13. The third-order valence-corrected chi connectivity index (χ3v) is 2.68. The molecule has 3 heteroatoms. The Hall–Kier alpha value is -1.06. The lowest BCUT2D eigenvalue weighted by Crippen LogP contribution is -2.39. The number of ether oxygens (including phenoxy) is 1. The number of hydrogen-bond acceptors (Lipinski definition) is 3. The number of aliphatic hydroxyl groups is 1. The summed E-state index contributed by atoms with van der Waals surface area (Å²) in [4.78, 5) is 0. The van der Waals surface area contributed by atoms with Gasteiger partial charge in [0.15, 0.2) is 0 Å². The Balaban J connectivity index is 2.50. The Morgan fingerprint density at radius 2 is 1.94 bits per heavy atom. The second kappa shape index (κ2) is 6.62. The van der Waals surface area contributed by atoms with Crippen LogP contribution in [0.25, 0.3) is 0 Å². The van der Waals surface area contributed by atoms with Gasteiger partial charge in [-0.2, -0.15) is 0 Å². The van der Waals surface area contributed by atoms with Crippen molar-refractivity contribution in [2.24, 2.45) is 0 Å². The van der Waals surface area contributed by atoms with Crippen LogP contribution in [-0.2, 0) is 6.42 Å². The quantitative estimate of drug-likeness (QED) is 0.713. The fraction of sp³-hybridized carbons (Fsp3) is 0.571. The molecule has 1 aromatic rings. The standard InChI is InChI=1S/C14H23NO2/c1-4-9-15-11-14(2,16)10-12-5-7-13(17-3)8-6-12/h5-8,15-16H,4,9-11H2,1-3H3. The Labute approximate surface area is 104 Å². The molecule has 0 fully saturated rings. The van der Waals surface area contributed by atoms with Gasteiger partial charge < -0.3 is 15.2 Å². The Morgan fingerprint density at radius 1 is 1.29 bits per heavy atom. The van der Waals surface area contributed by atoms with Crippen molar-refractivity contribution >= 4 is 0 Å². The molecule has 1 atom stereocenters. The zero-order valence-electron chi connectivity index (χ0n) is 11.0. The average molecular weight is 237 g/mol. The minimum Gasteiger partial charge on any atom is -0.497 e. The van der Waals surface area contributed by atoms with Crippen molar-refractivity contribution in [2.75, 3.05) is 20.2 Å². The molecule has 1 unspecified atom stereocenters. The van der Waals surface area contributed by atoms with E-state index in [9.17, 15) is 5.11 Å². The molecule has 0 saturated carbocycles. The van der Waals surface area contributed by atoms with E-state index in [1.807, 2.05) is 31.2 Å². The number of methoxy groups -OCH3 is 1. The first-order chi connectivity index (χ1) is 8.07. The average Bonchev–Trinajstić information content (AvgIpc) is 2.30. The topological polar surface area (TPSA) is 41.5 Å². The van der Waals surface area contributed by atoms with Gasteiger partial charge in [0.2, 0.25) is 0 Å². The first kappa shape index (κ1) is 14.0.